The van der Waals surface area contributed by atoms with Crippen LogP contribution in [0.15, 0.2) is 132 Å². The zero-order chi connectivity index (χ0) is 31.4. The maximum Gasteiger partial charge on any atom is 0.194 e. The first-order valence-electron chi connectivity index (χ1n) is 17.3. The molecule has 5 nitrogen and oxygen atoms in total. The second kappa shape index (κ2) is 13.6. The topological polar surface area (TPSA) is 47.5 Å². The lowest BCUT2D eigenvalue weighted by Gasteiger charge is -2.41. The van der Waals surface area contributed by atoms with Gasteiger partial charge in [-0.1, -0.05) is 109 Å². The largest absolute Gasteiger partial charge is 0.352 e. The highest BCUT2D eigenvalue weighted by molar-refractivity contribution is 5.84. The summed E-state index contributed by atoms with van der Waals surface area (Å²) in [5, 5.41) is 14.2. The molecule has 2 aliphatic rings. The number of hydrogen-bond acceptors (Lipinski definition) is 4. The number of nitrogens with one attached hydrogen (secondary N) is 1. The lowest BCUT2D eigenvalue weighted by molar-refractivity contribution is -0.672. The highest BCUT2D eigenvalue weighted by Crippen LogP contribution is 2.22. The van der Waals surface area contributed by atoms with Crippen molar-refractivity contribution in [3.05, 3.63) is 144 Å². The first-order chi connectivity index (χ1) is 23.2. The van der Waals surface area contributed by atoms with Crippen molar-refractivity contribution < 1.29 is 5.32 Å². The molecule has 0 amide bonds. The Balaban J connectivity index is 0.948. The Morgan fingerprint density at radius 1 is 0.617 bits per heavy atom. The van der Waals surface area contributed by atoms with Crippen LogP contribution in [0.1, 0.15) is 29.5 Å². The Morgan fingerprint density at radius 2 is 1.13 bits per heavy atom. The zero-order valence-electron chi connectivity index (χ0n) is 27.1. The molecule has 1 saturated heterocycles. The summed E-state index contributed by atoms with van der Waals surface area (Å²) in [5.74, 6) is 1.10. The van der Waals surface area contributed by atoms with Gasteiger partial charge in [-0.15, -0.1) is 0 Å². The van der Waals surface area contributed by atoms with Crippen LogP contribution in [0.2, 0.25) is 0 Å². The molecule has 0 spiro atoms. The molecule has 236 valence electrons. The van der Waals surface area contributed by atoms with Crippen molar-refractivity contribution in [1.82, 2.24) is 15.1 Å². The van der Waals surface area contributed by atoms with E-state index in [1.54, 1.807) is 0 Å². The number of fused-ring (bicyclic) bond motifs is 4. The summed E-state index contributed by atoms with van der Waals surface area (Å²) in [6.45, 7) is 6.98. The molecule has 0 unspecified atom stereocenters. The number of benzene rings is 6. The summed E-state index contributed by atoms with van der Waals surface area (Å²) in [4.78, 5) is 10.4. The van der Waals surface area contributed by atoms with Gasteiger partial charge in [0.1, 0.15) is 12.6 Å². The van der Waals surface area contributed by atoms with E-state index in [4.69, 9.17) is 4.99 Å². The van der Waals surface area contributed by atoms with Crippen molar-refractivity contribution in [1.29, 1.82) is 0 Å². The minimum absolute atomic E-state index is 0.347. The van der Waals surface area contributed by atoms with Gasteiger partial charge in [0.2, 0.25) is 0 Å². The number of rotatable bonds is 10. The molecule has 0 aromatic heterocycles. The summed E-state index contributed by atoms with van der Waals surface area (Å²) < 4.78 is 0. The summed E-state index contributed by atoms with van der Waals surface area (Å²) in [6, 6.07) is 47.4. The Bertz CT molecular complexity index is 1950. The van der Waals surface area contributed by atoms with E-state index in [-0.39, 0.29) is 0 Å². The summed E-state index contributed by atoms with van der Waals surface area (Å²) in [5.41, 5.74) is 4.10. The van der Waals surface area contributed by atoms with Gasteiger partial charge >= 0.3 is 0 Å². The molecule has 0 bridgehead atoms. The lowest BCUT2D eigenvalue weighted by Crippen LogP contribution is -2.85. The minimum Gasteiger partial charge on any atom is -0.352 e. The maximum absolute atomic E-state index is 5.26. The van der Waals surface area contributed by atoms with Crippen molar-refractivity contribution in [2.24, 2.45) is 4.99 Å². The smallest absolute Gasteiger partial charge is 0.194 e. The summed E-state index contributed by atoms with van der Waals surface area (Å²) >= 11 is 0. The van der Waals surface area contributed by atoms with E-state index in [2.05, 4.69) is 148 Å². The van der Waals surface area contributed by atoms with E-state index in [1.165, 1.54) is 49.0 Å². The Kier molecular flexibility index (Phi) is 8.57. The number of nitrogens with zero attached hydrogens (tertiary/aromatic N) is 3. The highest BCUT2D eigenvalue weighted by atomic mass is 15.4. The van der Waals surface area contributed by atoms with E-state index in [1.807, 2.05) is 0 Å². The number of nitrogens with two attached hydrogens (primary N) is 1. The average Bonchev–Trinajstić information content (AvgIpc) is 3.11. The molecule has 8 rings (SSSR count). The number of aliphatic imine (C=N–C) groups is 1. The Morgan fingerprint density at radius 3 is 1.72 bits per heavy atom. The fraction of sp³-hybridized carbons (Fsp3) is 0.262. The van der Waals surface area contributed by atoms with Crippen molar-refractivity contribution in [3.8, 4) is 0 Å². The quantitative estimate of drug-likeness (QED) is 0.180. The summed E-state index contributed by atoms with van der Waals surface area (Å²) in [7, 11) is 0. The second-order valence-electron chi connectivity index (χ2n) is 13.5. The van der Waals surface area contributed by atoms with Gasteiger partial charge in [-0.25, -0.2) is 4.99 Å². The van der Waals surface area contributed by atoms with E-state index >= 15 is 0 Å². The van der Waals surface area contributed by atoms with Crippen LogP contribution < -0.4 is 10.6 Å². The van der Waals surface area contributed by atoms with Crippen LogP contribution in [0.3, 0.4) is 0 Å². The van der Waals surface area contributed by atoms with Gasteiger partial charge < -0.3 is 15.5 Å². The van der Waals surface area contributed by atoms with E-state index in [0.29, 0.717) is 12.1 Å². The first-order valence-corrected chi connectivity index (χ1v) is 17.3. The van der Waals surface area contributed by atoms with Crippen LogP contribution in [0.25, 0.3) is 32.3 Å². The fourth-order valence-electron chi connectivity index (χ4n) is 7.45. The average molecular weight is 619 g/mol. The normalized spacial score (nSPS) is 18.0. The molecule has 2 atom stereocenters. The molecule has 0 aliphatic carbocycles. The van der Waals surface area contributed by atoms with Gasteiger partial charge in [0.15, 0.2) is 5.96 Å². The van der Waals surface area contributed by atoms with Gasteiger partial charge in [-0.2, -0.15) is 0 Å². The van der Waals surface area contributed by atoms with Crippen LogP contribution in [-0.4, -0.2) is 54.0 Å². The lowest BCUT2D eigenvalue weighted by atomic mass is 10.0. The fourth-order valence-corrected chi connectivity index (χ4v) is 7.45. The third-order valence-electron chi connectivity index (χ3n) is 9.97. The first kappa shape index (κ1) is 29.7. The Hall–Kier alpha value is -4.71. The van der Waals surface area contributed by atoms with Crippen molar-refractivity contribution in [2.75, 3.05) is 26.2 Å². The van der Waals surface area contributed by atoms with Crippen LogP contribution in [-0.2, 0) is 19.6 Å². The Labute approximate surface area is 277 Å². The molecule has 1 fully saturated rings. The molecule has 3 N–H and O–H groups in total. The van der Waals surface area contributed by atoms with Crippen LogP contribution >= 0.6 is 0 Å². The van der Waals surface area contributed by atoms with Crippen LogP contribution in [0.4, 0.5) is 0 Å². The van der Waals surface area contributed by atoms with Crippen molar-refractivity contribution >= 4 is 38.3 Å². The van der Waals surface area contributed by atoms with Crippen LogP contribution in [0, 0.1) is 0 Å². The molecule has 47 heavy (non-hydrogen) atoms. The zero-order valence-corrected chi connectivity index (χ0v) is 27.1. The van der Waals surface area contributed by atoms with Gasteiger partial charge in [0.05, 0.1) is 6.54 Å². The van der Waals surface area contributed by atoms with E-state index in [0.717, 1.165) is 64.6 Å². The molecule has 6 aromatic rings. The SMILES string of the molecule is c1ccc2cc(C[NH2+]C[C@@H]3CCN4CC[C@@H](CN(Cc5ccc6ccccc6c5)Cc5ccc6ccccc6c5)NC4=N3)ccc2c1. The van der Waals surface area contributed by atoms with Gasteiger partial charge in [0.25, 0.3) is 0 Å². The van der Waals surface area contributed by atoms with Gasteiger partial charge in [-0.3, -0.25) is 4.90 Å². The third kappa shape index (κ3) is 7.02. The number of guanidine groups is 1. The van der Waals surface area contributed by atoms with Crippen molar-refractivity contribution in [3.63, 3.8) is 0 Å². The third-order valence-corrected chi connectivity index (χ3v) is 9.97. The standard InChI is InChI=1S/C42H43N5/c1-4-10-37-23-31(13-16-34(37)7-1)26-43-27-40-19-21-47-22-20-41(45-42(47)44-40)30-46(28-32-14-17-35-8-2-5-11-38(35)24-32)29-33-15-18-36-9-3-6-12-39(36)25-33/h1-18,23-25,40-41,43H,19-22,26-30H2,(H,44,45)/p+1/t40-,41-/m0/s1. The molecule has 2 aliphatic heterocycles. The molecular formula is C42H44N5+. The van der Waals surface area contributed by atoms with Gasteiger partial charge in [0, 0.05) is 44.3 Å². The molecule has 5 heteroatoms. The number of hydrogen-bond donors (Lipinski definition) is 2. The van der Waals surface area contributed by atoms with Crippen LogP contribution in [0.5, 0.6) is 0 Å². The maximum atomic E-state index is 5.26. The van der Waals surface area contributed by atoms with E-state index in [9.17, 15) is 0 Å². The van der Waals surface area contributed by atoms with E-state index < -0.39 is 0 Å². The predicted molar refractivity (Wildman–Crippen MR) is 195 cm³/mol. The highest BCUT2D eigenvalue weighted by Gasteiger charge is 2.29. The van der Waals surface area contributed by atoms with Gasteiger partial charge in [-0.05, 0) is 74.5 Å². The molecule has 0 saturated carbocycles. The predicted octanol–water partition coefficient (Wildman–Crippen LogP) is 6.70. The monoisotopic (exact) mass is 618 g/mol. The molecule has 6 aromatic carbocycles. The second-order valence-corrected chi connectivity index (χ2v) is 13.5. The number of quaternary nitrogens is 1. The molecule has 0 radical (unpaired) electrons. The molecular weight excluding hydrogens is 574 g/mol. The summed E-state index contributed by atoms with van der Waals surface area (Å²) in [6.07, 6.45) is 2.25. The van der Waals surface area contributed by atoms with Crippen molar-refractivity contribution in [2.45, 2.75) is 44.6 Å². The minimum atomic E-state index is 0.347. The molecule has 2 heterocycles.